The van der Waals surface area contributed by atoms with Gasteiger partial charge in [0.25, 0.3) is 0 Å². The molecule has 2 aromatic rings. The number of ether oxygens (including phenoxy) is 1. The van der Waals surface area contributed by atoms with Gasteiger partial charge in [0.1, 0.15) is 11.4 Å². The van der Waals surface area contributed by atoms with Crippen LogP contribution in [0.4, 0.5) is 0 Å². The zero-order chi connectivity index (χ0) is 21.1. The fourth-order valence-corrected chi connectivity index (χ4v) is 4.19. The lowest BCUT2D eigenvalue weighted by Crippen LogP contribution is -2.30. The molecule has 1 aliphatic carbocycles. The van der Waals surface area contributed by atoms with Crippen LogP contribution >= 0.6 is 0 Å². The molecule has 2 aromatic carbocycles. The third-order valence-electron chi connectivity index (χ3n) is 5.49. The highest BCUT2D eigenvalue weighted by atomic mass is 16.5. The smallest absolute Gasteiger partial charge is 0.352 e. The molecule has 1 aliphatic rings. The Labute approximate surface area is 177 Å². The van der Waals surface area contributed by atoms with E-state index in [1.165, 1.54) is 43.2 Å². The molecular formula is C27H37O2+. The number of hydrogen-bond donors (Lipinski definition) is 0. The number of benzene rings is 2. The summed E-state index contributed by atoms with van der Waals surface area (Å²) in [5, 5.41) is 0. The molecular weight excluding hydrogens is 356 g/mol. The first-order valence-corrected chi connectivity index (χ1v) is 11.0. The number of carbonyl (C=O) groups excluding carboxylic acids is 1. The van der Waals surface area contributed by atoms with Gasteiger partial charge in [-0.3, -0.25) is 0 Å². The number of aldehydes is 1. The van der Waals surface area contributed by atoms with Crippen LogP contribution in [0.2, 0.25) is 0 Å². The van der Waals surface area contributed by atoms with E-state index < -0.39 is 0 Å². The molecule has 0 bridgehead atoms. The molecule has 0 aromatic heterocycles. The summed E-state index contributed by atoms with van der Waals surface area (Å²) in [4.78, 5) is 0. The van der Waals surface area contributed by atoms with Crippen molar-refractivity contribution in [2.24, 2.45) is 5.41 Å². The average Bonchev–Trinajstić information content (AvgIpc) is 2.66. The minimum Gasteiger partial charge on any atom is -0.488 e. The second kappa shape index (κ2) is 8.34. The second-order valence-corrected chi connectivity index (χ2v) is 10.5. The molecule has 0 unspecified atom stereocenters. The highest BCUT2D eigenvalue weighted by Crippen LogP contribution is 2.45. The monoisotopic (exact) mass is 393 g/mol. The Balaban J connectivity index is 1.90. The first kappa shape index (κ1) is 21.6. The van der Waals surface area contributed by atoms with Gasteiger partial charge in [0.05, 0.1) is 5.41 Å². The van der Waals surface area contributed by atoms with Crippen molar-refractivity contribution in [1.82, 2.24) is 0 Å². The molecule has 0 N–H and O–H groups in total. The standard InChI is InChI=1S/C27H37O2/c1-25(2,3)20-28-23-14-10-21(11-15-23)27(18-8-7-9-19-27)22-12-16-24(17-13-22)29-26(4,5)6/h10-17,20H,7-9,18-19H2,1-6H3/q+1. The van der Waals surface area contributed by atoms with Crippen LogP contribution in [0.5, 0.6) is 11.5 Å². The van der Waals surface area contributed by atoms with Gasteiger partial charge < -0.3 is 4.74 Å². The molecule has 0 aliphatic heterocycles. The van der Waals surface area contributed by atoms with E-state index in [0.29, 0.717) is 0 Å². The Bertz CT molecular complexity index is 809. The lowest BCUT2D eigenvalue weighted by Gasteiger charge is -2.38. The molecule has 0 amide bonds. The lowest BCUT2D eigenvalue weighted by molar-refractivity contribution is -0.364. The summed E-state index contributed by atoms with van der Waals surface area (Å²) in [7, 11) is 0. The highest BCUT2D eigenvalue weighted by molar-refractivity contribution is 5.58. The minimum atomic E-state index is -0.177. The molecule has 0 saturated heterocycles. The molecule has 2 heteroatoms. The van der Waals surface area contributed by atoms with Gasteiger partial charge >= 0.3 is 12.0 Å². The lowest BCUT2D eigenvalue weighted by atomic mass is 9.65. The van der Waals surface area contributed by atoms with E-state index in [1.54, 1.807) is 0 Å². The Morgan fingerprint density at radius 3 is 1.76 bits per heavy atom. The van der Waals surface area contributed by atoms with E-state index >= 15 is 0 Å². The number of hydrogen-bond acceptors (Lipinski definition) is 1. The van der Waals surface area contributed by atoms with E-state index in [9.17, 15) is 0 Å². The maximum Gasteiger partial charge on any atom is 0.352 e. The van der Waals surface area contributed by atoms with E-state index in [4.69, 9.17) is 9.16 Å². The summed E-state index contributed by atoms with van der Waals surface area (Å²) in [6.45, 7) is 12.7. The van der Waals surface area contributed by atoms with Crippen LogP contribution in [-0.4, -0.2) is 11.9 Å². The van der Waals surface area contributed by atoms with Crippen LogP contribution in [0.15, 0.2) is 48.5 Å². The predicted molar refractivity (Wildman–Crippen MR) is 122 cm³/mol. The van der Waals surface area contributed by atoms with Gasteiger partial charge in [0, 0.05) is 17.5 Å². The van der Waals surface area contributed by atoms with Crippen molar-refractivity contribution in [3.63, 3.8) is 0 Å². The van der Waals surface area contributed by atoms with Gasteiger partial charge in [0.15, 0.2) is 0 Å². The molecule has 156 valence electrons. The van der Waals surface area contributed by atoms with Gasteiger partial charge in [0.2, 0.25) is 0 Å². The Morgan fingerprint density at radius 1 is 0.759 bits per heavy atom. The van der Waals surface area contributed by atoms with Crippen molar-refractivity contribution in [3.8, 4) is 11.5 Å². The first-order valence-electron chi connectivity index (χ1n) is 11.0. The largest absolute Gasteiger partial charge is 0.488 e. The Hall–Kier alpha value is -2.09. The van der Waals surface area contributed by atoms with E-state index in [2.05, 4.69) is 90.1 Å². The Kier molecular flexibility index (Phi) is 6.22. The fourth-order valence-electron chi connectivity index (χ4n) is 4.19. The van der Waals surface area contributed by atoms with Crippen LogP contribution in [0.1, 0.15) is 84.8 Å². The van der Waals surface area contributed by atoms with Crippen LogP contribution in [0.3, 0.4) is 0 Å². The quantitative estimate of drug-likeness (QED) is 0.387. The molecule has 1 saturated carbocycles. The second-order valence-electron chi connectivity index (χ2n) is 10.5. The average molecular weight is 394 g/mol. The molecule has 3 rings (SSSR count). The molecule has 2 nitrogen and oxygen atoms in total. The van der Waals surface area contributed by atoms with Gasteiger partial charge in [-0.25, -0.2) is 4.42 Å². The maximum absolute atomic E-state index is 6.03. The minimum absolute atomic E-state index is 0.0418. The molecule has 0 heterocycles. The van der Waals surface area contributed by atoms with Crippen LogP contribution in [-0.2, 0) is 9.84 Å². The zero-order valence-corrected chi connectivity index (χ0v) is 19.0. The third kappa shape index (κ3) is 5.72. The highest BCUT2D eigenvalue weighted by Gasteiger charge is 2.36. The molecule has 0 spiro atoms. The fraction of sp³-hybridized carbons (Fsp3) is 0.519. The topological polar surface area (TPSA) is 20.5 Å². The Morgan fingerprint density at radius 2 is 1.28 bits per heavy atom. The van der Waals surface area contributed by atoms with Crippen LogP contribution in [0.25, 0.3) is 0 Å². The van der Waals surface area contributed by atoms with Gasteiger partial charge in [-0.15, -0.1) is 0 Å². The molecule has 0 radical (unpaired) electrons. The maximum atomic E-state index is 6.03. The summed E-state index contributed by atoms with van der Waals surface area (Å²) in [6.07, 6.45) is 8.18. The van der Waals surface area contributed by atoms with E-state index in [-0.39, 0.29) is 16.4 Å². The molecule has 0 atom stereocenters. The first-order chi connectivity index (χ1) is 13.6. The van der Waals surface area contributed by atoms with Gasteiger partial charge in [-0.1, -0.05) is 31.4 Å². The van der Waals surface area contributed by atoms with Crippen molar-refractivity contribution in [3.05, 3.63) is 59.7 Å². The van der Waals surface area contributed by atoms with Gasteiger partial charge in [-0.05, 0) is 89.8 Å². The normalized spacial score (nSPS) is 17.4. The summed E-state index contributed by atoms with van der Waals surface area (Å²) in [6, 6.07) is 17.6. The predicted octanol–water partition coefficient (Wildman–Crippen LogP) is 7.61. The third-order valence-corrected chi connectivity index (χ3v) is 5.49. The molecule has 1 fully saturated rings. The van der Waals surface area contributed by atoms with Gasteiger partial charge in [-0.2, -0.15) is 0 Å². The SMILES string of the molecule is CC(C)(C)C=[O+]c1ccc(C2(c3ccc(OC(C)(C)C)cc3)CCCCC2)cc1. The van der Waals surface area contributed by atoms with Crippen molar-refractivity contribution in [2.75, 3.05) is 0 Å². The number of rotatable bonds is 4. The summed E-state index contributed by atoms with van der Waals surface area (Å²) >= 11 is 0. The van der Waals surface area contributed by atoms with E-state index in [1.807, 2.05) is 6.29 Å². The van der Waals surface area contributed by atoms with Crippen molar-refractivity contribution >= 4 is 6.29 Å². The van der Waals surface area contributed by atoms with Crippen LogP contribution in [0, 0.1) is 5.41 Å². The summed E-state index contributed by atoms with van der Waals surface area (Å²) < 4.78 is 11.9. The van der Waals surface area contributed by atoms with Crippen molar-refractivity contribution in [1.29, 1.82) is 0 Å². The zero-order valence-electron chi connectivity index (χ0n) is 19.0. The summed E-state index contributed by atoms with van der Waals surface area (Å²) in [5.74, 6) is 1.84. The van der Waals surface area contributed by atoms with Crippen molar-refractivity contribution in [2.45, 2.75) is 84.7 Å². The van der Waals surface area contributed by atoms with Crippen LogP contribution < -0.4 is 4.74 Å². The van der Waals surface area contributed by atoms with Crippen molar-refractivity contribution < 1.29 is 9.16 Å². The summed E-state index contributed by atoms with van der Waals surface area (Å²) in [5.41, 5.74) is 2.74. The van der Waals surface area contributed by atoms with E-state index in [0.717, 1.165) is 11.5 Å². The molecule has 29 heavy (non-hydrogen) atoms.